The maximum atomic E-state index is 12.5. The number of hydrogen-bond donors (Lipinski definition) is 1. The maximum Gasteiger partial charge on any atom is 0.323 e. The first-order valence-electron chi connectivity index (χ1n) is 6.85. The molecule has 7 heteroatoms. The standard InChI is InChI=1S/C13H24N2O5/c1-19-8-3-6-14(7-9-20-2)13(18)15(10-12(16)17)11-4-5-11/h11H,3-10H2,1-2H3,(H,16,17). The van der Waals surface area contributed by atoms with Crippen molar-refractivity contribution in [2.24, 2.45) is 0 Å². The van der Waals surface area contributed by atoms with Gasteiger partial charge in [-0.3, -0.25) is 4.79 Å². The second-order valence-electron chi connectivity index (χ2n) is 4.86. The van der Waals surface area contributed by atoms with Crippen LogP contribution in [0.5, 0.6) is 0 Å². The molecule has 0 bridgehead atoms. The van der Waals surface area contributed by atoms with Crippen LogP contribution in [0.2, 0.25) is 0 Å². The lowest BCUT2D eigenvalue weighted by Gasteiger charge is -2.29. The summed E-state index contributed by atoms with van der Waals surface area (Å²) in [6, 6.07) is -0.144. The average molecular weight is 288 g/mol. The molecule has 0 unspecified atom stereocenters. The molecule has 1 aliphatic carbocycles. The number of carboxylic acid groups (broad SMARTS) is 1. The zero-order valence-corrected chi connectivity index (χ0v) is 12.2. The second kappa shape index (κ2) is 8.76. The average Bonchev–Trinajstić information content (AvgIpc) is 3.23. The number of aliphatic carboxylic acids is 1. The minimum absolute atomic E-state index is 0.0751. The van der Waals surface area contributed by atoms with Gasteiger partial charge in [0.05, 0.1) is 6.61 Å². The lowest BCUT2D eigenvalue weighted by molar-refractivity contribution is -0.137. The molecule has 0 aromatic heterocycles. The van der Waals surface area contributed by atoms with Crippen LogP contribution in [0.25, 0.3) is 0 Å². The number of carbonyl (C=O) groups is 2. The fraction of sp³-hybridized carbons (Fsp3) is 0.846. The molecular weight excluding hydrogens is 264 g/mol. The fourth-order valence-corrected chi connectivity index (χ4v) is 1.97. The van der Waals surface area contributed by atoms with Crippen LogP contribution in [0, 0.1) is 0 Å². The normalized spacial score (nSPS) is 14.1. The van der Waals surface area contributed by atoms with Crippen LogP contribution < -0.4 is 0 Å². The summed E-state index contributed by atoms with van der Waals surface area (Å²) in [6.07, 6.45) is 2.49. The molecule has 0 radical (unpaired) electrons. The third kappa shape index (κ3) is 5.75. The summed E-state index contributed by atoms with van der Waals surface area (Å²) in [5.41, 5.74) is 0. The van der Waals surface area contributed by atoms with Crippen LogP contribution in [0.15, 0.2) is 0 Å². The van der Waals surface area contributed by atoms with Crippen LogP contribution in [0.3, 0.4) is 0 Å². The molecule has 0 aliphatic heterocycles. The number of methoxy groups -OCH3 is 2. The van der Waals surface area contributed by atoms with E-state index in [9.17, 15) is 9.59 Å². The molecule has 7 nitrogen and oxygen atoms in total. The summed E-state index contributed by atoms with van der Waals surface area (Å²) in [5.74, 6) is -0.978. The molecule has 1 aliphatic rings. The summed E-state index contributed by atoms with van der Waals surface area (Å²) in [4.78, 5) is 26.4. The van der Waals surface area contributed by atoms with Crippen molar-refractivity contribution >= 4 is 12.0 Å². The Hall–Kier alpha value is -1.34. The van der Waals surface area contributed by atoms with Gasteiger partial charge in [0, 0.05) is 40.0 Å². The van der Waals surface area contributed by atoms with Gasteiger partial charge in [-0.05, 0) is 19.3 Å². The van der Waals surface area contributed by atoms with Crippen LogP contribution in [0.4, 0.5) is 4.79 Å². The van der Waals surface area contributed by atoms with Gasteiger partial charge in [-0.1, -0.05) is 0 Å². The Morgan fingerprint density at radius 2 is 1.80 bits per heavy atom. The van der Waals surface area contributed by atoms with Gasteiger partial charge in [0.2, 0.25) is 0 Å². The number of urea groups is 1. The Morgan fingerprint density at radius 1 is 1.15 bits per heavy atom. The van der Waals surface area contributed by atoms with E-state index in [0.717, 1.165) is 19.3 Å². The topological polar surface area (TPSA) is 79.3 Å². The number of hydrogen-bond acceptors (Lipinski definition) is 4. The van der Waals surface area contributed by atoms with Gasteiger partial charge in [0.1, 0.15) is 6.54 Å². The molecule has 1 N–H and O–H groups in total. The maximum absolute atomic E-state index is 12.5. The molecule has 0 atom stereocenters. The summed E-state index contributed by atoms with van der Waals surface area (Å²) in [7, 11) is 3.19. The van der Waals surface area contributed by atoms with Crippen LogP contribution in [-0.2, 0) is 14.3 Å². The summed E-state index contributed by atoms with van der Waals surface area (Å²) in [5, 5.41) is 8.92. The van der Waals surface area contributed by atoms with Gasteiger partial charge in [0.15, 0.2) is 0 Å². The summed E-state index contributed by atoms with van der Waals surface area (Å²) < 4.78 is 9.99. The van der Waals surface area contributed by atoms with E-state index in [4.69, 9.17) is 14.6 Å². The molecule has 1 rings (SSSR count). The number of ether oxygens (including phenoxy) is 2. The number of nitrogens with zero attached hydrogens (tertiary/aromatic N) is 2. The lowest BCUT2D eigenvalue weighted by atomic mass is 10.3. The van der Waals surface area contributed by atoms with Crippen LogP contribution >= 0.6 is 0 Å². The van der Waals surface area contributed by atoms with Crippen molar-refractivity contribution in [2.75, 3.05) is 47.1 Å². The van der Waals surface area contributed by atoms with E-state index >= 15 is 0 Å². The Bertz CT molecular complexity index is 320. The van der Waals surface area contributed by atoms with E-state index in [0.29, 0.717) is 26.3 Å². The smallest absolute Gasteiger partial charge is 0.323 e. The highest BCUT2D eigenvalue weighted by molar-refractivity contribution is 5.80. The highest BCUT2D eigenvalue weighted by Gasteiger charge is 2.35. The van der Waals surface area contributed by atoms with Crippen LogP contribution in [-0.4, -0.2) is 80.0 Å². The molecule has 0 heterocycles. The van der Waals surface area contributed by atoms with E-state index in [1.54, 1.807) is 19.1 Å². The molecule has 20 heavy (non-hydrogen) atoms. The van der Waals surface area contributed by atoms with Gasteiger partial charge < -0.3 is 24.4 Å². The van der Waals surface area contributed by atoms with Crippen molar-refractivity contribution in [3.63, 3.8) is 0 Å². The van der Waals surface area contributed by atoms with Crippen molar-refractivity contribution < 1.29 is 24.2 Å². The van der Waals surface area contributed by atoms with Crippen molar-refractivity contribution in [3.8, 4) is 0 Å². The quantitative estimate of drug-likeness (QED) is 0.597. The Kier molecular flexibility index (Phi) is 7.32. The molecule has 0 saturated heterocycles. The monoisotopic (exact) mass is 288 g/mol. The van der Waals surface area contributed by atoms with E-state index in [2.05, 4.69) is 0 Å². The highest BCUT2D eigenvalue weighted by Crippen LogP contribution is 2.27. The first-order chi connectivity index (χ1) is 9.60. The van der Waals surface area contributed by atoms with Gasteiger partial charge in [-0.15, -0.1) is 0 Å². The minimum Gasteiger partial charge on any atom is -0.480 e. The van der Waals surface area contributed by atoms with Crippen molar-refractivity contribution in [3.05, 3.63) is 0 Å². The largest absolute Gasteiger partial charge is 0.480 e. The Morgan fingerprint density at radius 3 is 2.30 bits per heavy atom. The molecular formula is C13H24N2O5. The summed E-state index contributed by atoms with van der Waals surface area (Å²) in [6.45, 7) is 1.77. The van der Waals surface area contributed by atoms with Crippen molar-refractivity contribution in [2.45, 2.75) is 25.3 Å². The summed E-state index contributed by atoms with van der Waals surface area (Å²) >= 11 is 0. The first-order valence-corrected chi connectivity index (χ1v) is 6.85. The molecule has 0 aromatic carbocycles. The van der Waals surface area contributed by atoms with E-state index in [1.807, 2.05) is 0 Å². The zero-order valence-electron chi connectivity index (χ0n) is 12.2. The van der Waals surface area contributed by atoms with Crippen molar-refractivity contribution in [1.82, 2.24) is 9.80 Å². The van der Waals surface area contributed by atoms with E-state index < -0.39 is 5.97 Å². The number of amides is 2. The van der Waals surface area contributed by atoms with Gasteiger partial charge >= 0.3 is 12.0 Å². The fourth-order valence-electron chi connectivity index (χ4n) is 1.97. The van der Waals surface area contributed by atoms with Gasteiger partial charge in [-0.25, -0.2) is 4.79 Å². The van der Waals surface area contributed by atoms with E-state index in [1.165, 1.54) is 4.90 Å². The van der Waals surface area contributed by atoms with Crippen LogP contribution in [0.1, 0.15) is 19.3 Å². The second-order valence-corrected chi connectivity index (χ2v) is 4.86. The predicted octanol–water partition coefficient (Wildman–Crippen LogP) is 0.640. The lowest BCUT2D eigenvalue weighted by Crippen LogP contribution is -2.48. The minimum atomic E-state index is -0.978. The zero-order chi connectivity index (χ0) is 15.0. The molecule has 1 saturated carbocycles. The molecule has 0 spiro atoms. The van der Waals surface area contributed by atoms with E-state index in [-0.39, 0.29) is 18.6 Å². The molecule has 0 aromatic rings. The number of carboxylic acids is 1. The SMILES string of the molecule is COCCCN(CCOC)C(=O)N(CC(=O)O)C1CC1. The molecule has 116 valence electrons. The third-order valence-corrected chi connectivity index (χ3v) is 3.15. The number of carbonyl (C=O) groups excluding carboxylic acids is 1. The van der Waals surface area contributed by atoms with Gasteiger partial charge in [0.25, 0.3) is 0 Å². The van der Waals surface area contributed by atoms with Crippen molar-refractivity contribution in [1.29, 1.82) is 0 Å². The Balaban J connectivity index is 2.59. The van der Waals surface area contributed by atoms with Gasteiger partial charge in [-0.2, -0.15) is 0 Å². The Labute approximate surface area is 119 Å². The molecule has 1 fully saturated rings. The highest BCUT2D eigenvalue weighted by atomic mass is 16.5. The predicted molar refractivity (Wildman–Crippen MR) is 72.7 cm³/mol. The third-order valence-electron chi connectivity index (χ3n) is 3.15. The number of rotatable bonds is 10. The molecule has 2 amide bonds. The first kappa shape index (κ1) is 16.7.